The molecule has 13 heteroatoms. The van der Waals surface area contributed by atoms with Gasteiger partial charge in [0.2, 0.25) is 5.91 Å². The molecule has 0 fully saturated rings. The fraction of sp³-hybridized carbons (Fsp3) is 0.200. The number of alkyl halides is 3. The number of hydrogen-bond donors (Lipinski definition) is 2. The summed E-state index contributed by atoms with van der Waals surface area (Å²) in [5, 5.41) is 4.82. The zero-order valence-corrected chi connectivity index (χ0v) is 20.8. The van der Waals surface area contributed by atoms with Crippen LogP contribution in [0, 0.1) is 0 Å². The van der Waals surface area contributed by atoms with E-state index in [0.29, 0.717) is 23.1 Å². The van der Waals surface area contributed by atoms with Gasteiger partial charge in [0.1, 0.15) is 11.5 Å². The van der Waals surface area contributed by atoms with Gasteiger partial charge in [0.25, 0.3) is 10.0 Å². The molecule has 0 saturated carbocycles. The summed E-state index contributed by atoms with van der Waals surface area (Å²) in [6.45, 7) is 0.255. The average Bonchev–Trinajstić information content (AvgIpc) is 3.18. The minimum atomic E-state index is -4.98. The number of primary amides is 1. The van der Waals surface area contributed by atoms with Crippen LogP contribution in [0.1, 0.15) is 17.5 Å². The van der Waals surface area contributed by atoms with Crippen LogP contribution < -0.4 is 19.9 Å². The summed E-state index contributed by atoms with van der Waals surface area (Å²) in [6, 6.07) is 16.6. The number of sulfonamides is 1. The van der Waals surface area contributed by atoms with Crippen molar-refractivity contribution in [3.8, 4) is 11.5 Å². The third-order valence-electron chi connectivity index (χ3n) is 5.52. The van der Waals surface area contributed by atoms with Gasteiger partial charge >= 0.3 is 6.36 Å². The van der Waals surface area contributed by atoms with Crippen LogP contribution in [0.3, 0.4) is 0 Å². The van der Waals surface area contributed by atoms with Crippen molar-refractivity contribution in [1.29, 1.82) is 0 Å². The highest BCUT2D eigenvalue weighted by Gasteiger charge is 2.31. The van der Waals surface area contributed by atoms with E-state index in [9.17, 15) is 26.4 Å². The smallest absolute Gasteiger partial charge is 0.496 e. The quantitative estimate of drug-likeness (QED) is 0.306. The number of aromatic nitrogens is 2. The van der Waals surface area contributed by atoms with Gasteiger partial charge in [-0.15, -0.1) is 13.2 Å². The van der Waals surface area contributed by atoms with Crippen molar-refractivity contribution in [2.45, 2.75) is 30.6 Å². The molecule has 0 unspecified atom stereocenters. The number of rotatable bonds is 10. The normalized spacial score (nSPS) is 11.9. The Balaban J connectivity index is 1.70. The highest BCUT2D eigenvalue weighted by molar-refractivity contribution is 7.92. The summed E-state index contributed by atoms with van der Waals surface area (Å²) < 4.78 is 77.3. The van der Waals surface area contributed by atoms with E-state index in [1.807, 2.05) is 24.3 Å². The molecule has 0 spiro atoms. The number of amides is 1. The highest BCUT2D eigenvalue weighted by Crippen LogP contribution is 2.34. The van der Waals surface area contributed by atoms with Crippen molar-refractivity contribution in [1.82, 2.24) is 9.78 Å². The van der Waals surface area contributed by atoms with Crippen LogP contribution >= 0.6 is 0 Å². The Morgan fingerprint density at radius 2 is 1.76 bits per heavy atom. The molecular weight excluding hydrogens is 525 g/mol. The number of methoxy groups -OCH3 is 1. The molecule has 0 bridgehead atoms. The Hall–Kier alpha value is -4.26. The number of hydrogen-bond acceptors (Lipinski definition) is 6. The van der Waals surface area contributed by atoms with Crippen molar-refractivity contribution in [2.24, 2.45) is 5.73 Å². The number of halogens is 3. The second-order valence-corrected chi connectivity index (χ2v) is 9.96. The van der Waals surface area contributed by atoms with E-state index in [-0.39, 0.29) is 18.8 Å². The van der Waals surface area contributed by atoms with E-state index < -0.39 is 32.9 Å². The lowest BCUT2D eigenvalue weighted by Crippen LogP contribution is -2.18. The number of benzene rings is 3. The zero-order chi connectivity index (χ0) is 27.5. The molecule has 38 heavy (non-hydrogen) atoms. The number of anilines is 1. The van der Waals surface area contributed by atoms with Crippen LogP contribution in [0.2, 0.25) is 0 Å². The fourth-order valence-electron chi connectivity index (χ4n) is 3.91. The van der Waals surface area contributed by atoms with Gasteiger partial charge in [0.15, 0.2) is 5.82 Å². The molecule has 0 saturated heterocycles. The first-order valence-electron chi connectivity index (χ1n) is 11.2. The summed E-state index contributed by atoms with van der Waals surface area (Å²) >= 11 is 0. The van der Waals surface area contributed by atoms with Gasteiger partial charge in [-0.2, -0.15) is 5.10 Å². The number of ether oxygens (including phenoxy) is 2. The van der Waals surface area contributed by atoms with E-state index >= 15 is 0 Å². The van der Waals surface area contributed by atoms with Crippen LogP contribution in [0.15, 0.2) is 71.6 Å². The maximum absolute atomic E-state index is 13.1. The van der Waals surface area contributed by atoms with E-state index in [1.54, 1.807) is 22.9 Å². The highest BCUT2D eigenvalue weighted by atomic mass is 32.2. The second kappa shape index (κ2) is 10.6. The van der Waals surface area contributed by atoms with Gasteiger partial charge in [-0.05, 0) is 41.8 Å². The summed E-state index contributed by atoms with van der Waals surface area (Å²) in [5.41, 5.74) is 7.54. The van der Waals surface area contributed by atoms with Gasteiger partial charge in [-0.3, -0.25) is 14.2 Å². The molecule has 0 aliphatic heterocycles. The Morgan fingerprint density at radius 1 is 1.05 bits per heavy atom. The molecule has 9 nitrogen and oxygen atoms in total. The lowest BCUT2D eigenvalue weighted by molar-refractivity contribution is -0.274. The van der Waals surface area contributed by atoms with Crippen molar-refractivity contribution in [3.05, 3.63) is 77.9 Å². The van der Waals surface area contributed by atoms with Gasteiger partial charge in [-0.25, -0.2) is 8.42 Å². The van der Waals surface area contributed by atoms with Gasteiger partial charge < -0.3 is 15.2 Å². The third kappa shape index (κ3) is 6.35. The van der Waals surface area contributed by atoms with E-state index in [0.717, 1.165) is 35.4 Å². The minimum Gasteiger partial charge on any atom is -0.496 e. The van der Waals surface area contributed by atoms with E-state index in [4.69, 9.17) is 10.5 Å². The first-order valence-corrected chi connectivity index (χ1v) is 12.7. The molecule has 0 aliphatic rings. The maximum atomic E-state index is 13.1. The molecule has 4 aromatic rings. The predicted octanol–water partition coefficient (Wildman–Crippen LogP) is 4.21. The molecule has 3 aromatic carbocycles. The maximum Gasteiger partial charge on any atom is 0.573 e. The number of carbonyl (C=O) groups excluding carboxylic acids is 1. The summed E-state index contributed by atoms with van der Waals surface area (Å²) in [6.07, 6.45) is -4.30. The predicted molar refractivity (Wildman–Crippen MR) is 133 cm³/mol. The Bertz CT molecular complexity index is 1590. The molecule has 3 N–H and O–H groups in total. The zero-order valence-electron chi connectivity index (χ0n) is 20.0. The SMILES string of the molecule is COc1cccc2c1c(NS(=O)(=O)c1cccc(OC(F)(F)F)c1)nn2Cc1cccc(CCC(N)=O)c1. The second-order valence-electron chi connectivity index (χ2n) is 8.28. The number of nitrogens with zero attached hydrogens (tertiary/aromatic N) is 2. The summed E-state index contributed by atoms with van der Waals surface area (Å²) in [4.78, 5) is 10.7. The number of carbonyl (C=O) groups is 1. The van der Waals surface area contributed by atoms with E-state index in [2.05, 4.69) is 14.6 Å². The largest absolute Gasteiger partial charge is 0.573 e. The fourth-order valence-corrected chi connectivity index (χ4v) is 4.95. The Morgan fingerprint density at radius 3 is 2.47 bits per heavy atom. The summed E-state index contributed by atoms with van der Waals surface area (Å²) in [7, 11) is -2.94. The van der Waals surface area contributed by atoms with Crippen LogP contribution in [-0.4, -0.2) is 37.6 Å². The molecule has 0 atom stereocenters. The monoisotopic (exact) mass is 548 g/mol. The topological polar surface area (TPSA) is 126 Å². The lowest BCUT2D eigenvalue weighted by Gasteiger charge is -2.11. The van der Waals surface area contributed by atoms with Crippen LogP contribution in [0.25, 0.3) is 10.9 Å². The van der Waals surface area contributed by atoms with Crippen molar-refractivity contribution < 1.29 is 35.9 Å². The minimum absolute atomic E-state index is 0.0653. The molecule has 1 amide bonds. The Labute approximate surface area is 216 Å². The average molecular weight is 549 g/mol. The number of fused-ring (bicyclic) bond motifs is 1. The summed E-state index contributed by atoms with van der Waals surface area (Å²) in [5.74, 6) is -0.808. The number of aryl methyl sites for hydroxylation is 1. The van der Waals surface area contributed by atoms with Gasteiger partial charge in [0, 0.05) is 12.5 Å². The standard InChI is InChI=1S/C25H23F3N4O5S/c1-36-21-10-4-9-20-23(21)24(30-32(20)15-17-6-2-5-16(13-17)11-12-22(29)33)31-38(34,35)19-8-3-7-18(14-19)37-25(26,27)28/h2-10,13-14H,11-12,15H2,1H3,(H2,29,33)(H,30,31). The number of nitrogens with one attached hydrogen (secondary N) is 1. The third-order valence-corrected chi connectivity index (χ3v) is 6.86. The molecule has 0 radical (unpaired) electrons. The molecule has 4 rings (SSSR count). The number of nitrogens with two attached hydrogens (primary N) is 1. The van der Waals surface area contributed by atoms with Crippen molar-refractivity contribution in [2.75, 3.05) is 11.8 Å². The van der Waals surface area contributed by atoms with Gasteiger partial charge in [0.05, 0.1) is 29.5 Å². The molecule has 1 heterocycles. The first-order chi connectivity index (χ1) is 17.9. The molecule has 200 valence electrons. The Kier molecular flexibility index (Phi) is 7.49. The van der Waals surface area contributed by atoms with Crippen molar-refractivity contribution >= 4 is 32.7 Å². The first kappa shape index (κ1) is 26.8. The van der Waals surface area contributed by atoms with Crippen molar-refractivity contribution in [3.63, 3.8) is 0 Å². The van der Waals surface area contributed by atoms with Gasteiger partial charge in [-0.1, -0.05) is 36.4 Å². The van der Waals surface area contributed by atoms with Crippen LogP contribution in [0.5, 0.6) is 11.5 Å². The molecule has 0 aliphatic carbocycles. The van der Waals surface area contributed by atoms with E-state index in [1.165, 1.54) is 7.11 Å². The molecular formula is C25H23F3N4O5S. The van der Waals surface area contributed by atoms with Crippen LogP contribution in [0.4, 0.5) is 19.0 Å². The van der Waals surface area contributed by atoms with Crippen LogP contribution in [-0.2, 0) is 27.8 Å². The lowest BCUT2D eigenvalue weighted by atomic mass is 10.1. The molecule has 1 aromatic heterocycles.